The van der Waals surface area contributed by atoms with E-state index in [1.54, 1.807) is 0 Å². The molecule has 5 heteroatoms. The second-order valence-corrected chi connectivity index (χ2v) is 6.23. The molecule has 0 radical (unpaired) electrons. The third-order valence-electron chi connectivity index (χ3n) is 4.57. The Morgan fingerprint density at radius 2 is 1.90 bits per heavy atom. The van der Waals surface area contributed by atoms with Crippen molar-refractivity contribution in [2.45, 2.75) is 44.4 Å². The van der Waals surface area contributed by atoms with Gasteiger partial charge in [-0.05, 0) is 37.0 Å². The number of hydrogen-bond donors (Lipinski definition) is 1. The lowest BCUT2D eigenvalue weighted by atomic mass is 9.68. The quantitative estimate of drug-likeness (QED) is 0.905. The lowest BCUT2D eigenvalue weighted by molar-refractivity contribution is -0.145. The normalized spacial score (nSPS) is 20.1. The van der Waals surface area contributed by atoms with E-state index >= 15 is 0 Å². The van der Waals surface area contributed by atoms with Crippen molar-refractivity contribution >= 4 is 17.6 Å². The minimum atomic E-state index is -0.894. The van der Waals surface area contributed by atoms with Crippen molar-refractivity contribution in [1.29, 1.82) is 0 Å². The zero-order valence-corrected chi connectivity index (χ0v) is 12.8. The monoisotopic (exact) mass is 310 g/mol. The minimum absolute atomic E-state index is 0.411. The van der Waals surface area contributed by atoms with E-state index in [1.165, 1.54) is 0 Å². The number of aliphatic carboxylic acids is 1. The van der Waals surface area contributed by atoms with E-state index in [0.717, 1.165) is 24.8 Å². The van der Waals surface area contributed by atoms with Crippen molar-refractivity contribution in [2.24, 2.45) is 0 Å². The molecule has 1 saturated carbocycles. The van der Waals surface area contributed by atoms with Crippen molar-refractivity contribution in [3.8, 4) is 11.5 Å². The van der Waals surface area contributed by atoms with Gasteiger partial charge >= 0.3 is 5.97 Å². The molecule has 1 aliphatic heterocycles. The summed E-state index contributed by atoms with van der Waals surface area (Å²) in [7, 11) is 0. The molecule has 2 aliphatic rings. The molecule has 114 valence electrons. The number of benzene rings is 1. The molecule has 1 aliphatic carbocycles. The number of rotatable bonds is 2. The number of ether oxygens (including phenoxy) is 2. The maximum Gasteiger partial charge on any atom is 0.314 e. The van der Waals surface area contributed by atoms with E-state index in [9.17, 15) is 9.90 Å². The van der Waals surface area contributed by atoms with Crippen LogP contribution in [-0.2, 0) is 10.2 Å². The first-order chi connectivity index (χ1) is 10.1. The number of carboxylic acids is 1. The Balaban J connectivity index is 2.18. The molecule has 4 nitrogen and oxygen atoms in total. The van der Waals surface area contributed by atoms with E-state index in [-0.39, 0.29) is 0 Å². The predicted octanol–water partition coefficient (Wildman–Crippen LogP) is 3.71. The number of aryl methyl sites for hydroxylation is 1. The summed E-state index contributed by atoms with van der Waals surface area (Å²) in [6.45, 7) is 2.83. The van der Waals surface area contributed by atoms with Gasteiger partial charge in [-0.1, -0.05) is 30.9 Å². The van der Waals surface area contributed by atoms with Gasteiger partial charge in [0, 0.05) is 0 Å². The molecule has 21 heavy (non-hydrogen) atoms. The third kappa shape index (κ3) is 2.26. The molecule has 0 spiro atoms. The van der Waals surface area contributed by atoms with E-state index < -0.39 is 11.4 Å². The number of hydrogen-bond acceptors (Lipinski definition) is 3. The second-order valence-electron chi connectivity index (χ2n) is 5.85. The third-order valence-corrected chi connectivity index (χ3v) is 4.93. The summed E-state index contributed by atoms with van der Waals surface area (Å²) in [5.41, 5.74) is 0.684. The highest BCUT2D eigenvalue weighted by atomic mass is 35.5. The summed E-state index contributed by atoms with van der Waals surface area (Å²) in [6.07, 6.45) is 4.16. The molecular formula is C16H19ClO4. The molecule has 0 saturated heterocycles. The SMILES string of the molecule is Cc1cc2c(c(Cl)c1C1(C(=O)O)CCCCC1)OCCO2. The number of halogens is 1. The van der Waals surface area contributed by atoms with E-state index in [2.05, 4.69) is 0 Å². The van der Waals surface area contributed by atoms with Crippen LogP contribution >= 0.6 is 11.6 Å². The second kappa shape index (κ2) is 5.41. The Kier molecular flexibility index (Phi) is 3.74. The summed E-state index contributed by atoms with van der Waals surface area (Å²) >= 11 is 6.53. The topological polar surface area (TPSA) is 55.8 Å². The maximum absolute atomic E-state index is 12.0. The van der Waals surface area contributed by atoms with Gasteiger partial charge in [0.15, 0.2) is 11.5 Å². The first kappa shape index (κ1) is 14.5. The minimum Gasteiger partial charge on any atom is -0.486 e. The largest absolute Gasteiger partial charge is 0.486 e. The van der Waals surface area contributed by atoms with Gasteiger partial charge in [0.25, 0.3) is 0 Å². The van der Waals surface area contributed by atoms with Crippen LogP contribution in [0.3, 0.4) is 0 Å². The van der Waals surface area contributed by atoms with Crippen LogP contribution in [0.15, 0.2) is 6.07 Å². The zero-order valence-electron chi connectivity index (χ0n) is 12.1. The summed E-state index contributed by atoms with van der Waals surface area (Å²) in [4.78, 5) is 12.0. The van der Waals surface area contributed by atoms with Gasteiger partial charge in [-0.2, -0.15) is 0 Å². The van der Waals surface area contributed by atoms with E-state index in [4.69, 9.17) is 21.1 Å². The average Bonchev–Trinajstić information content (AvgIpc) is 2.48. The van der Waals surface area contributed by atoms with Gasteiger partial charge in [-0.15, -0.1) is 0 Å². The van der Waals surface area contributed by atoms with Gasteiger partial charge in [-0.25, -0.2) is 0 Å². The zero-order chi connectivity index (χ0) is 15.0. The number of carboxylic acid groups (broad SMARTS) is 1. The lowest BCUT2D eigenvalue weighted by Gasteiger charge is -2.36. The van der Waals surface area contributed by atoms with Gasteiger partial charge in [0.1, 0.15) is 13.2 Å². The van der Waals surface area contributed by atoms with Crippen molar-refractivity contribution in [3.05, 3.63) is 22.2 Å². The van der Waals surface area contributed by atoms with Crippen molar-refractivity contribution in [2.75, 3.05) is 13.2 Å². The van der Waals surface area contributed by atoms with Crippen LogP contribution in [0.25, 0.3) is 0 Å². The van der Waals surface area contributed by atoms with Gasteiger partial charge < -0.3 is 14.6 Å². The van der Waals surface area contributed by atoms with Crippen LogP contribution in [-0.4, -0.2) is 24.3 Å². The fraction of sp³-hybridized carbons (Fsp3) is 0.562. The van der Waals surface area contributed by atoms with Crippen molar-refractivity contribution in [3.63, 3.8) is 0 Å². The van der Waals surface area contributed by atoms with Crippen LogP contribution in [0, 0.1) is 6.92 Å². The van der Waals surface area contributed by atoms with Crippen LogP contribution in [0.2, 0.25) is 5.02 Å². The molecule has 0 atom stereocenters. The Morgan fingerprint density at radius 3 is 2.57 bits per heavy atom. The Bertz CT molecular complexity index is 576. The number of carbonyl (C=O) groups is 1. The van der Waals surface area contributed by atoms with Crippen molar-refractivity contribution < 1.29 is 19.4 Å². The van der Waals surface area contributed by atoms with Crippen LogP contribution in [0.4, 0.5) is 0 Å². The van der Waals surface area contributed by atoms with Crippen LogP contribution in [0.1, 0.15) is 43.2 Å². The van der Waals surface area contributed by atoms with E-state index in [1.807, 2.05) is 13.0 Å². The van der Waals surface area contributed by atoms with Crippen molar-refractivity contribution in [1.82, 2.24) is 0 Å². The van der Waals surface area contributed by atoms with Gasteiger partial charge in [0.05, 0.1) is 10.4 Å². The molecule has 1 fully saturated rings. The fourth-order valence-electron chi connectivity index (χ4n) is 3.58. The molecule has 0 unspecified atom stereocenters. The molecule has 0 aromatic heterocycles. The highest BCUT2D eigenvalue weighted by Crippen LogP contribution is 2.50. The fourth-order valence-corrected chi connectivity index (χ4v) is 4.06. The summed E-state index contributed by atoms with van der Waals surface area (Å²) in [5.74, 6) is 0.322. The van der Waals surface area contributed by atoms with E-state index in [0.29, 0.717) is 48.1 Å². The molecular weight excluding hydrogens is 292 g/mol. The average molecular weight is 311 g/mol. The molecule has 1 N–H and O–H groups in total. The molecule has 0 bridgehead atoms. The Hall–Kier alpha value is -1.42. The standard InChI is InChI=1S/C16H19ClO4/c1-10-9-11-14(21-8-7-20-11)13(17)12(10)16(15(18)19)5-3-2-4-6-16/h9H,2-8H2,1H3,(H,18,19). The Labute approximate surface area is 129 Å². The maximum atomic E-state index is 12.0. The first-order valence-electron chi connectivity index (χ1n) is 7.39. The molecule has 3 rings (SSSR count). The lowest BCUT2D eigenvalue weighted by Crippen LogP contribution is -2.39. The number of fused-ring (bicyclic) bond motifs is 1. The summed E-state index contributed by atoms with van der Waals surface area (Å²) in [6, 6.07) is 1.86. The van der Waals surface area contributed by atoms with Crippen LogP contribution in [0.5, 0.6) is 11.5 Å². The molecule has 1 heterocycles. The van der Waals surface area contributed by atoms with Gasteiger partial charge in [-0.3, -0.25) is 4.79 Å². The summed E-state index contributed by atoms with van der Waals surface area (Å²) in [5, 5.41) is 10.3. The molecule has 1 aromatic rings. The Morgan fingerprint density at radius 1 is 1.24 bits per heavy atom. The highest BCUT2D eigenvalue weighted by molar-refractivity contribution is 6.33. The predicted molar refractivity (Wildman–Crippen MR) is 79.6 cm³/mol. The molecule has 0 amide bonds. The highest BCUT2D eigenvalue weighted by Gasteiger charge is 2.45. The summed E-state index contributed by atoms with van der Waals surface area (Å²) < 4.78 is 11.2. The first-order valence-corrected chi connectivity index (χ1v) is 7.76. The smallest absolute Gasteiger partial charge is 0.314 e. The van der Waals surface area contributed by atoms with Gasteiger partial charge in [0.2, 0.25) is 0 Å². The molecule has 1 aromatic carbocycles. The van der Waals surface area contributed by atoms with Crippen LogP contribution < -0.4 is 9.47 Å².